The Hall–Kier alpha value is -3.86. The monoisotopic (exact) mass is 586 g/mol. The first-order valence-corrected chi connectivity index (χ1v) is 15.0. The van der Waals surface area contributed by atoms with Gasteiger partial charge in [-0.15, -0.1) is 0 Å². The van der Waals surface area contributed by atoms with Gasteiger partial charge in [0.25, 0.3) is 0 Å². The van der Waals surface area contributed by atoms with Crippen molar-refractivity contribution in [3.8, 4) is 5.88 Å². The zero-order valence-corrected chi connectivity index (χ0v) is 24.0. The molecule has 0 saturated carbocycles. The van der Waals surface area contributed by atoms with E-state index in [-0.39, 0.29) is 30.0 Å². The number of benzene rings is 2. The second-order valence-electron chi connectivity index (χ2n) is 11.8. The van der Waals surface area contributed by atoms with Gasteiger partial charge < -0.3 is 23.9 Å². The summed E-state index contributed by atoms with van der Waals surface area (Å²) in [6, 6.07) is 16.3. The number of hydrogen-bond acceptors (Lipinski definition) is 7. The van der Waals surface area contributed by atoms with E-state index in [2.05, 4.69) is 9.47 Å². The number of rotatable bonds is 10. The predicted molar refractivity (Wildman–Crippen MR) is 157 cm³/mol. The largest absolute Gasteiger partial charge is 0.478 e. The number of carboxylic acids is 1. The Bertz CT molecular complexity index is 1630. The van der Waals surface area contributed by atoms with Gasteiger partial charge in [0.2, 0.25) is 5.88 Å². The summed E-state index contributed by atoms with van der Waals surface area (Å²) in [4.78, 5) is 23.7. The second-order valence-corrected chi connectivity index (χ2v) is 11.8. The molecule has 1 N–H and O–H groups in total. The number of nitrogens with zero attached hydrogens (tertiary/aromatic N) is 4. The van der Waals surface area contributed by atoms with Crippen molar-refractivity contribution >= 4 is 17.0 Å². The third kappa shape index (κ3) is 6.00. The average molecular weight is 587 g/mol. The minimum absolute atomic E-state index is 0.128. The fraction of sp³-hybridized carbons (Fsp3) is 0.424. The van der Waals surface area contributed by atoms with Crippen molar-refractivity contribution in [3.63, 3.8) is 0 Å². The van der Waals surface area contributed by atoms with Crippen molar-refractivity contribution in [3.05, 3.63) is 88.6 Å². The first kappa shape index (κ1) is 27.9. The summed E-state index contributed by atoms with van der Waals surface area (Å²) in [6.07, 6.45) is 3.03. The van der Waals surface area contributed by atoms with Gasteiger partial charge in [-0.25, -0.2) is 19.2 Å². The quantitative estimate of drug-likeness (QED) is 0.273. The topological polar surface area (TPSA) is 98.9 Å². The van der Waals surface area contributed by atoms with Crippen LogP contribution < -0.4 is 4.74 Å². The molecule has 0 radical (unpaired) electrons. The Labute approximate surface area is 249 Å². The molecule has 43 heavy (non-hydrogen) atoms. The van der Waals surface area contributed by atoms with E-state index < -0.39 is 5.97 Å². The zero-order chi connectivity index (χ0) is 29.3. The molecule has 224 valence electrons. The molecule has 3 fully saturated rings. The minimum atomic E-state index is -0.942. The van der Waals surface area contributed by atoms with Gasteiger partial charge in [0.1, 0.15) is 18.2 Å². The Morgan fingerprint density at radius 3 is 2.56 bits per heavy atom. The second kappa shape index (κ2) is 12.0. The molecule has 0 unspecified atom stereocenters. The normalized spacial score (nSPS) is 19.7. The maximum Gasteiger partial charge on any atom is 0.335 e. The molecule has 1 atom stereocenters. The maximum atomic E-state index is 14.7. The van der Waals surface area contributed by atoms with E-state index in [9.17, 15) is 14.3 Å². The number of carbonyl (C=O) groups is 1. The summed E-state index contributed by atoms with van der Waals surface area (Å²) in [5, 5.41) is 9.51. The van der Waals surface area contributed by atoms with Crippen LogP contribution in [-0.4, -0.2) is 69.5 Å². The lowest BCUT2D eigenvalue weighted by Gasteiger charge is -2.32. The first-order chi connectivity index (χ1) is 21.0. The molecule has 4 aromatic rings. The molecular formula is C33H35FN4O5. The molecule has 0 aliphatic carbocycles. The Balaban J connectivity index is 0.982. The van der Waals surface area contributed by atoms with Crippen LogP contribution in [0.25, 0.3) is 11.0 Å². The van der Waals surface area contributed by atoms with Crippen LogP contribution in [0.4, 0.5) is 4.39 Å². The molecule has 0 bridgehead atoms. The molecule has 3 aliphatic rings. The van der Waals surface area contributed by atoms with Crippen LogP contribution in [0.2, 0.25) is 0 Å². The van der Waals surface area contributed by atoms with Crippen LogP contribution in [-0.2, 0) is 29.2 Å². The number of imidazole rings is 1. The maximum absolute atomic E-state index is 14.7. The Kier molecular flexibility index (Phi) is 7.81. The van der Waals surface area contributed by atoms with E-state index >= 15 is 0 Å². The highest BCUT2D eigenvalue weighted by Crippen LogP contribution is 2.30. The van der Waals surface area contributed by atoms with Gasteiger partial charge in [-0.3, -0.25) is 4.90 Å². The Morgan fingerprint density at radius 2 is 1.86 bits per heavy atom. The van der Waals surface area contributed by atoms with Crippen LogP contribution >= 0.6 is 0 Å². The number of piperidine rings is 1. The van der Waals surface area contributed by atoms with Gasteiger partial charge >= 0.3 is 5.97 Å². The highest BCUT2D eigenvalue weighted by Gasteiger charge is 2.26. The standard InChI is InChI=1S/C33H35FN4O5/c34-27-14-22(25-18-41-19-25)4-5-24(27)20-43-32-3-1-2-28(36-32)21-8-11-37(12-9-21)17-31-35-29-7-6-23(33(39)40)15-30(29)38(31)16-26-10-13-42-26/h1-7,14-15,21,25-26H,8-13,16-20H2,(H,39,40)/t26-/m0/s1. The van der Waals surface area contributed by atoms with Gasteiger partial charge in [0, 0.05) is 35.8 Å². The number of ether oxygens (including phenoxy) is 3. The van der Waals surface area contributed by atoms with Gasteiger partial charge in [-0.05, 0) is 68.2 Å². The van der Waals surface area contributed by atoms with E-state index in [0.717, 1.165) is 67.1 Å². The van der Waals surface area contributed by atoms with Crippen LogP contribution in [0.5, 0.6) is 5.88 Å². The van der Waals surface area contributed by atoms with Crippen LogP contribution in [0.3, 0.4) is 0 Å². The zero-order valence-electron chi connectivity index (χ0n) is 24.0. The number of hydrogen-bond donors (Lipinski definition) is 1. The van der Waals surface area contributed by atoms with E-state index in [1.165, 1.54) is 0 Å². The van der Waals surface area contributed by atoms with Crippen molar-refractivity contribution in [1.82, 2.24) is 19.4 Å². The van der Waals surface area contributed by atoms with Crippen LogP contribution in [0, 0.1) is 5.82 Å². The number of pyridine rings is 1. The molecule has 2 aromatic heterocycles. The minimum Gasteiger partial charge on any atom is -0.478 e. The fourth-order valence-corrected chi connectivity index (χ4v) is 6.10. The first-order valence-electron chi connectivity index (χ1n) is 15.0. The van der Waals surface area contributed by atoms with Gasteiger partial charge in [-0.1, -0.05) is 18.2 Å². The highest BCUT2D eigenvalue weighted by molar-refractivity contribution is 5.92. The van der Waals surface area contributed by atoms with Gasteiger partial charge in [-0.2, -0.15) is 0 Å². The lowest BCUT2D eigenvalue weighted by atomic mass is 9.93. The van der Waals surface area contributed by atoms with Crippen molar-refractivity contribution in [2.75, 3.05) is 32.9 Å². The number of carboxylic acid groups (broad SMARTS) is 1. The lowest BCUT2D eigenvalue weighted by molar-refractivity contribution is -0.0592. The molecule has 2 aromatic carbocycles. The summed E-state index contributed by atoms with van der Waals surface area (Å²) in [6.45, 7) is 5.34. The van der Waals surface area contributed by atoms with Crippen LogP contribution in [0.15, 0.2) is 54.6 Å². The highest BCUT2D eigenvalue weighted by atomic mass is 19.1. The molecule has 3 aliphatic heterocycles. The lowest BCUT2D eigenvalue weighted by Crippen LogP contribution is -2.35. The van der Waals surface area contributed by atoms with Gasteiger partial charge in [0.05, 0.1) is 49.0 Å². The van der Waals surface area contributed by atoms with Crippen LogP contribution in [0.1, 0.15) is 64.1 Å². The summed E-state index contributed by atoms with van der Waals surface area (Å²) < 4.78 is 33.6. The molecular weight excluding hydrogens is 551 g/mol. The van der Waals surface area contributed by atoms with Crippen molar-refractivity contribution < 1.29 is 28.5 Å². The van der Waals surface area contributed by atoms with E-state index in [4.69, 9.17) is 24.2 Å². The molecule has 9 nitrogen and oxygen atoms in total. The van der Waals surface area contributed by atoms with Crippen molar-refractivity contribution in [2.24, 2.45) is 0 Å². The SMILES string of the molecule is O=C(O)c1ccc2nc(CN3CCC(c4cccc(OCc5ccc(C6COC6)cc5F)n4)CC3)n(C[C@@H]3CCO3)c2c1. The summed E-state index contributed by atoms with van der Waals surface area (Å²) in [5.74, 6) is 0.821. The summed E-state index contributed by atoms with van der Waals surface area (Å²) in [5.41, 5.74) is 4.38. The third-order valence-corrected chi connectivity index (χ3v) is 8.93. The van der Waals surface area contributed by atoms with Crippen molar-refractivity contribution in [1.29, 1.82) is 0 Å². The summed E-state index contributed by atoms with van der Waals surface area (Å²) in [7, 11) is 0. The van der Waals surface area contributed by atoms with E-state index in [1.54, 1.807) is 30.3 Å². The Morgan fingerprint density at radius 1 is 1.02 bits per heavy atom. The fourth-order valence-electron chi connectivity index (χ4n) is 6.10. The van der Waals surface area contributed by atoms with Crippen molar-refractivity contribution in [2.45, 2.75) is 56.9 Å². The molecule has 0 amide bonds. The molecule has 3 saturated heterocycles. The number of aromatic nitrogens is 3. The molecule has 7 rings (SSSR count). The molecule has 10 heteroatoms. The number of halogens is 1. The number of fused-ring (bicyclic) bond motifs is 1. The number of aromatic carboxylic acids is 1. The van der Waals surface area contributed by atoms with Gasteiger partial charge in [0.15, 0.2) is 0 Å². The summed E-state index contributed by atoms with van der Waals surface area (Å²) >= 11 is 0. The predicted octanol–water partition coefficient (Wildman–Crippen LogP) is 5.13. The van der Waals surface area contributed by atoms with E-state index in [0.29, 0.717) is 43.7 Å². The number of likely N-dealkylation sites (tertiary alicyclic amines) is 1. The third-order valence-electron chi connectivity index (χ3n) is 8.93. The average Bonchev–Trinajstić information content (AvgIpc) is 3.30. The smallest absolute Gasteiger partial charge is 0.335 e. The molecule has 0 spiro atoms. The molecule has 5 heterocycles. The van der Waals surface area contributed by atoms with E-state index in [1.807, 2.05) is 24.3 Å².